The Balaban J connectivity index is 1.74. The molecule has 4 heteroatoms. The van der Waals surface area contributed by atoms with E-state index in [-0.39, 0.29) is 16.2 Å². The highest BCUT2D eigenvalue weighted by Crippen LogP contribution is 2.76. The van der Waals surface area contributed by atoms with Crippen molar-refractivity contribution >= 4 is 0 Å². The molecule has 4 saturated carbocycles. The van der Waals surface area contributed by atoms with Crippen LogP contribution in [0.4, 0.5) is 0 Å². The summed E-state index contributed by atoms with van der Waals surface area (Å²) in [6, 6.07) is 9.31. The van der Waals surface area contributed by atoms with Gasteiger partial charge in [-0.25, -0.2) is 0 Å². The maximum absolute atomic E-state index is 9.21. The van der Waals surface area contributed by atoms with Gasteiger partial charge in [-0.1, -0.05) is 51.5 Å². The Morgan fingerprint density at radius 3 is 1.47 bits per heavy atom. The summed E-state index contributed by atoms with van der Waals surface area (Å²) in [6.45, 7) is 15.6. The molecule has 4 aliphatic rings. The molecule has 0 amide bonds. The maximum Gasteiger partial charge on any atom is 0.292 e. The summed E-state index contributed by atoms with van der Waals surface area (Å²) in [7, 11) is 0. The van der Waals surface area contributed by atoms with Crippen molar-refractivity contribution in [1.82, 2.24) is 0 Å². The highest BCUT2D eigenvalue weighted by molar-refractivity contribution is 5.51. The van der Waals surface area contributed by atoms with Crippen LogP contribution in [0.25, 0.3) is 0 Å². The lowest BCUT2D eigenvalue weighted by molar-refractivity contribution is -0.162. The molecule has 2 aromatic carbocycles. The van der Waals surface area contributed by atoms with Crippen LogP contribution < -0.4 is 9.47 Å². The predicted molar refractivity (Wildman–Crippen MR) is 150 cm³/mol. The van der Waals surface area contributed by atoms with Crippen LogP contribution >= 0.6 is 0 Å². The van der Waals surface area contributed by atoms with Crippen molar-refractivity contribution in [1.29, 1.82) is 10.5 Å². The van der Waals surface area contributed by atoms with Crippen molar-refractivity contribution in [3.05, 3.63) is 57.6 Å². The Bertz CT molecular complexity index is 1220. The molecule has 4 bridgehead atoms. The molecule has 4 fully saturated rings. The Hall–Kier alpha value is -2.98. The Kier molecular flexibility index (Phi) is 6.34. The van der Waals surface area contributed by atoms with E-state index in [0.717, 1.165) is 28.7 Å². The maximum atomic E-state index is 9.21. The summed E-state index contributed by atoms with van der Waals surface area (Å²) >= 11 is 0. The Morgan fingerprint density at radius 2 is 1.13 bits per heavy atom. The molecule has 4 nitrogen and oxygen atoms in total. The first kappa shape index (κ1) is 26.6. The smallest absolute Gasteiger partial charge is 0.292 e. The van der Waals surface area contributed by atoms with Gasteiger partial charge in [0, 0.05) is 0 Å². The Labute approximate surface area is 229 Å². The third-order valence-corrected chi connectivity index (χ3v) is 10.7. The molecule has 0 aliphatic heterocycles. The van der Waals surface area contributed by atoms with Crippen LogP contribution in [0.1, 0.15) is 106 Å². The predicted octanol–water partition coefficient (Wildman–Crippen LogP) is 8.63. The molecule has 0 aromatic heterocycles. The second-order valence-corrected chi connectivity index (χ2v) is 13.7. The fraction of sp³-hybridized carbons (Fsp3) is 0.588. The van der Waals surface area contributed by atoms with Gasteiger partial charge < -0.3 is 9.47 Å². The van der Waals surface area contributed by atoms with E-state index < -0.39 is 0 Å². The van der Waals surface area contributed by atoms with Crippen molar-refractivity contribution < 1.29 is 9.47 Å². The van der Waals surface area contributed by atoms with Crippen LogP contribution in [0.15, 0.2) is 24.3 Å². The van der Waals surface area contributed by atoms with E-state index in [4.69, 9.17) is 9.47 Å². The zero-order chi connectivity index (χ0) is 27.5. The number of nitriles is 2. The largest absolute Gasteiger partial charge is 0.387 e. The van der Waals surface area contributed by atoms with E-state index in [1.165, 1.54) is 56.1 Å². The highest BCUT2D eigenvalue weighted by atomic mass is 16.5. The number of aryl methyl sites for hydroxylation is 4. The first-order chi connectivity index (χ1) is 18.0. The molecule has 2 unspecified atom stereocenters. The minimum Gasteiger partial charge on any atom is -0.387 e. The standard InChI is InChI=1S/C34H42N2O2/c1-8-9-31-14-32(22(2)3)17-33(15-31,27-10-23(4)29(37-20-35)24(5)11-27)19-34(16-31,18-32)28-12-25(6)30(38-21-36)26(7)13-28/h10-13,22H,8-9,14-19H2,1-7H3. The van der Waals surface area contributed by atoms with E-state index in [9.17, 15) is 10.5 Å². The third kappa shape index (κ3) is 3.91. The quantitative estimate of drug-likeness (QED) is 0.350. The molecular weight excluding hydrogens is 468 g/mol. The van der Waals surface area contributed by atoms with Gasteiger partial charge in [0.25, 0.3) is 12.5 Å². The molecule has 0 radical (unpaired) electrons. The van der Waals surface area contributed by atoms with Gasteiger partial charge in [-0.15, -0.1) is 10.5 Å². The minimum atomic E-state index is 0.0958. The summed E-state index contributed by atoms with van der Waals surface area (Å²) in [6.07, 6.45) is 13.7. The molecule has 38 heavy (non-hydrogen) atoms. The average Bonchev–Trinajstić information content (AvgIpc) is 2.82. The number of rotatable bonds is 7. The second kappa shape index (κ2) is 9.05. The van der Waals surface area contributed by atoms with Gasteiger partial charge in [0.15, 0.2) is 0 Å². The lowest BCUT2D eigenvalue weighted by Gasteiger charge is -2.72. The molecule has 6 rings (SSSR count). The van der Waals surface area contributed by atoms with Gasteiger partial charge >= 0.3 is 0 Å². The van der Waals surface area contributed by atoms with Gasteiger partial charge in [-0.05, 0) is 134 Å². The summed E-state index contributed by atoms with van der Waals surface area (Å²) in [4.78, 5) is 0. The fourth-order valence-corrected chi connectivity index (χ4v) is 9.87. The lowest BCUT2D eigenvalue weighted by atomic mass is 9.32. The average molecular weight is 511 g/mol. The number of hydrogen-bond donors (Lipinski definition) is 0. The topological polar surface area (TPSA) is 66.0 Å². The van der Waals surface area contributed by atoms with E-state index in [2.05, 4.69) is 72.7 Å². The minimum absolute atomic E-state index is 0.0958. The number of nitrogens with zero attached hydrogens (tertiary/aromatic N) is 2. The van der Waals surface area contributed by atoms with Crippen molar-refractivity contribution in [3.63, 3.8) is 0 Å². The normalized spacial score (nSPS) is 31.2. The molecule has 0 spiro atoms. The SMILES string of the molecule is CCCC12CC3(c4cc(C)c(OC#N)c(C)c4)CC(c4cc(C)c(OC#N)c(C)c4)(C1)CC(C(C)C)(C2)C3. The monoisotopic (exact) mass is 510 g/mol. The van der Waals surface area contributed by atoms with E-state index in [0.29, 0.717) is 22.8 Å². The Morgan fingerprint density at radius 1 is 0.711 bits per heavy atom. The van der Waals surface area contributed by atoms with Crippen LogP contribution in [-0.4, -0.2) is 0 Å². The fourth-order valence-electron chi connectivity index (χ4n) is 9.87. The van der Waals surface area contributed by atoms with Crippen LogP contribution in [0, 0.1) is 67.5 Å². The molecule has 200 valence electrons. The number of hydrogen-bond acceptors (Lipinski definition) is 4. The summed E-state index contributed by atoms with van der Waals surface area (Å²) < 4.78 is 10.8. The van der Waals surface area contributed by atoms with Crippen molar-refractivity contribution in [2.45, 2.75) is 111 Å². The van der Waals surface area contributed by atoms with Crippen molar-refractivity contribution in [2.75, 3.05) is 0 Å². The highest BCUT2D eigenvalue weighted by Gasteiger charge is 2.68. The van der Waals surface area contributed by atoms with Gasteiger partial charge in [-0.3, -0.25) is 0 Å². The summed E-state index contributed by atoms with van der Waals surface area (Å²) in [5.41, 5.74) is 7.89. The molecule has 0 heterocycles. The van der Waals surface area contributed by atoms with E-state index in [1.54, 1.807) is 0 Å². The third-order valence-electron chi connectivity index (χ3n) is 10.7. The zero-order valence-corrected chi connectivity index (χ0v) is 24.3. The summed E-state index contributed by atoms with van der Waals surface area (Å²) in [5, 5.41) is 18.4. The van der Waals surface area contributed by atoms with Gasteiger partial charge in [0.05, 0.1) is 0 Å². The molecule has 4 aliphatic carbocycles. The first-order valence-electron chi connectivity index (χ1n) is 14.3. The molecule has 0 N–H and O–H groups in total. The van der Waals surface area contributed by atoms with E-state index in [1.807, 2.05) is 12.5 Å². The van der Waals surface area contributed by atoms with Gasteiger partial charge in [0.2, 0.25) is 0 Å². The second-order valence-electron chi connectivity index (χ2n) is 13.7. The first-order valence-corrected chi connectivity index (χ1v) is 14.3. The number of ether oxygens (including phenoxy) is 2. The summed E-state index contributed by atoms with van der Waals surface area (Å²) in [5.74, 6) is 2.01. The van der Waals surface area contributed by atoms with Crippen LogP contribution in [0.3, 0.4) is 0 Å². The van der Waals surface area contributed by atoms with Crippen LogP contribution in [0.2, 0.25) is 0 Å². The molecule has 2 aromatic rings. The molecular formula is C34H42N2O2. The zero-order valence-electron chi connectivity index (χ0n) is 24.3. The van der Waals surface area contributed by atoms with E-state index >= 15 is 0 Å². The van der Waals surface area contributed by atoms with Crippen LogP contribution in [0.5, 0.6) is 11.5 Å². The molecule has 2 atom stereocenters. The lowest BCUT2D eigenvalue weighted by Crippen LogP contribution is -2.65. The van der Waals surface area contributed by atoms with Gasteiger partial charge in [0.1, 0.15) is 11.5 Å². The van der Waals surface area contributed by atoms with Crippen LogP contribution in [-0.2, 0) is 10.8 Å². The van der Waals surface area contributed by atoms with Crippen molar-refractivity contribution in [2.24, 2.45) is 16.7 Å². The van der Waals surface area contributed by atoms with Gasteiger partial charge in [-0.2, -0.15) is 0 Å². The van der Waals surface area contributed by atoms with Crippen molar-refractivity contribution in [3.8, 4) is 24.0 Å². The number of benzene rings is 2. The molecule has 0 saturated heterocycles.